The Morgan fingerprint density at radius 2 is 1.83 bits per heavy atom. The summed E-state index contributed by atoms with van der Waals surface area (Å²) < 4.78 is 0. The number of amides is 1. The van der Waals surface area contributed by atoms with Crippen LogP contribution in [0.1, 0.15) is 17.5 Å². The molecule has 2 aromatic rings. The van der Waals surface area contributed by atoms with E-state index in [1.54, 1.807) is 11.8 Å². The fourth-order valence-corrected chi connectivity index (χ4v) is 4.01. The third kappa shape index (κ3) is 7.20. The Labute approximate surface area is 157 Å². The van der Waals surface area contributed by atoms with E-state index in [9.17, 15) is 4.79 Å². The van der Waals surface area contributed by atoms with Crippen LogP contribution in [0, 0.1) is 6.92 Å². The van der Waals surface area contributed by atoms with Crippen molar-refractivity contribution in [3.8, 4) is 0 Å². The maximum Gasteiger partial charge on any atom is 0.220 e. The first-order valence-electron chi connectivity index (χ1n) is 7.92. The summed E-state index contributed by atoms with van der Waals surface area (Å²) in [5.41, 5.74) is 2.70. The van der Waals surface area contributed by atoms with E-state index in [0.29, 0.717) is 6.42 Å². The predicted octanol–water partition coefficient (Wildman–Crippen LogP) is 5.18. The average Bonchev–Trinajstić information content (AvgIpc) is 2.58. The minimum absolute atomic E-state index is 0.118. The standard InChI is InChI=1S/C19H22ClNOS2/c1-15-4-2-3-5-16(15)14-23-13-11-21-19(22)10-12-24-18-8-6-17(20)7-9-18/h2-9H,10-14H2,1H3,(H,21,22). The van der Waals surface area contributed by atoms with Gasteiger partial charge in [0.1, 0.15) is 0 Å². The summed E-state index contributed by atoms with van der Waals surface area (Å²) >= 11 is 9.38. The Morgan fingerprint density at radius 1 is 1.08 bits per heavy atom. The van der Waals surface area contributed by atoms with Crippen molar-refractivity contribution in [1.29, 1.82) is 0 Å². The van der Waals surface area contributed by atoms with E-state index in [2.05, 4.69) is 36.5 Å². The number of benzene rings is 2. The minimum atomic E-state index is 0.118. The first-order valence-corrected chi connectivity index (χ1v) is 10.4. The van der Waals surface area contributed by atoms with Crippen molar-refractivity contribution in [2.45, 2.75) is 24.0 Å². The van der Waals surface area contributed by atoms with Gasteiger partial charge in [-0.25, -0.2) is 0 Å². The molecule has 0 heterocycles. The molecule has 2 rings (SSSR count). The van der Waals surface area contributed by atoms with Crippen LogP contribution in [0.15, 0.2) is 53.4 Å². The van der Waals surface area contributed by atoms with Gasteiger partial charge in [-0.1, -0.05) is 35.9 Å². The second-order valence-corrected chi connectivity index (χ2v) is 8.09. The Hall–Kier alpha value is -1.10. The van der Waals surface area contributed by atoms with Crippen molar-refractivity contribution in [2.75, 3.05) is 18.1 Å². The number of thioether (sulfide) groups is 2. The highest BCUT2D eigenvalue weighted by Crippen LogP contribution is 2.20. The largest absolute Gasteiger partial charge is 0.355 e. The van der Waals surface area contributed by atoms with Crippen LogP contribution < -0.4 is 5.32 Å². The number of nitrogens with one attached hydrogen (secondary N) is 1. The molecule has 5 heteroatoms. The van der Waals surface area contributed by atoms with Gasteiger partial charge in [-0.3, -0.25) is 4.79 Å². The Bertz CT molecular complexity index is 646. The van der Waals surface area contributed by atoms with Crippen LogP contribution in [0.4, 0.5) is 0 Å². The highest BCUT2D eigenvalue weighted by atomic mass is 35.5. The van der Waals surface area contributed by atoms with Gasteiger partial charge < -0.3 is 5.32 Å². The molecule has 0 bridgehead atoms. The predicted molar refractivity (Wildman–Crippen MR) is 107 cm³/mol. The van der Waals surface area contributed by atoms with Crippen LogP contribution in [0.2, 0.25) is 5.02 Å². The number of aryl methyl sites for hydroxylation is 1. The van der Waals surface area contributed by atoms with Crippen molar-refractivity contribution in [2.24, 2.45) is 0 Å². The summed E-state index contributed by atoms with van der Waals surface area (Å²) in [6.07, 6.45) is 0.537. The smallest absolute Gasteiger partial charge is 0.220 e. The number of rotatable bonds is 9. The molecule has 0 radical (unpaired) electrons. The highest BCUT2D eigenvalue weighted by Gasteiger charge is 2.02. The Balaban J connectivity index is 1.53. The fourth-order valence-electron chi connectivity index (χ4n) is 2.10. The number of carbonyl (C=O) groups excluding carboxylic acids is 1. The summed E-state index contributed by atoms with van der Waals surface area (Å²) in [6, 6.07) is 16.1. The molecule has 0 unspecified atom stereocenters. The number of halogens is 1. The van der Waals surface area contributed by atoms with Gasteiger partial charge in [0.25, 0.3) is 0 Å². The van der Waals surface area contributed by atoms with Crippen LogP contribution >= 0.6 is 35.1 Å². The summed E-state index contributed by atoms with van der Waals surface area (Å²) in [5, 5.41) is 3.72. The molecule has 0 aromatic heterocycles. The van der Waals surface area contributed by atoms with Gasteiger partial charge in [0.05, 0.1) is 0 Å². The minimum Gasteiger partial charge on any atom is -0.355 e. The van der Waals surface area contributed by atoms with Crippen LogP contribution in [0.3, 0.4) is 0 Å². The SMILES string of the molecule is Cc1ccccc1CSCCNC(=O)CCSc1ccc(Cl)cc1. The molecule has 0 saturated heterocycles. The van der Waals surface area contributed by atoms with Crippen LogP contribution in [-0.4, -0.2) is 24.0 Å². The summed E-state index contributed by atoms with van der Waals surface area (Å²) in [6.45, 7) is 2.86. The molecule has 128 valence electrons. The van der Waals surface area contributed by atoms with Crippen LogP contribution in [0.25, 0.3) is 0 Å². The second kappa shape index (κ2) is 10.7. The molecule has 1 amide bonds. The molecular formula is C19H22ClNOS2. The quantitative estimate of drug-likeness (QED) is 0.480. The molecule has 0 atom stereocenters. The lowest BCUT2D eigenvalue weighted by atomic mass is 10.1. The zero-order valence-electron chi connectivity index (χ0n) is 13.8. The number of carbonyl (C=O) groups is 1. The van der Waals surface area contributed by atoms with Gasteiger partial charge in [0.2, 0.25) is 5.91 Å². The molecule has 0 spiro atoms. The van der Waals surface area contributed by atoms with Crippen molar-refractivity contribution >= 4 is 41.0 Å². The van der Waals surface area contributed by atoms with Crippen molar-refractivity contribution in [3.63, 3.8) is 0 Å². The average molecular weight is 380 g/mol. The third-order valence-corrected chi connectivity index (χ3v) is 5.77. The zero-order chi connectivity index (χ0) is 17.2. The normalized spacial score (nSPS) is 10.6. The lowest BCUT2D eigenvalue weighted by molar-refractivity contribution is -0.120. The molecule has 2 nitrogen and oxygen atoms in total. The van der Waals surface area contributed by atoms with E-state index in [0.717, 1.165) is 33.7 Å². The number of hydrogen-bond donors (Lipinski definition) is 1. The fraction of sp³-hybridized carbons (Fsp3) is 0.316. The third-order valence-electron chi connectivity index (χ3n) is 3.50. The van der Waals surface area contributed by atoms with E-state index in [1.807, 2.05) is 36.0 Å². The second-order valence-electron chi connectivity index (χ2n) is 5.38. The maximum atomic E-state index is 11.8. The Morgan fingerprint density at radius 3 is 2.58 bits per heavy atom. The van der Waals surface area contributed by atoms with E-state index < -0.39 is 0 Å². The Kier molecular flexibility index (Phi) is 8.57. The number of hydrogen-bond acceptors (Lipinski definition) is 3. The summed E-state index contributed by atoms with van der Waals surface area (Å²) in [4.78, 5) is 13.0. The van der Waals surface area contributed by atoms with E-state index in [4.69, 9.17) is 11.6 Å². The van der Waals surface area contributed by atoms with E-state index in [-0.39, 0.29) is 5.91 Å². The molecule has 0 saturated carbocycles. The van der Waals surface area contributed by atoms with E-state index in [1.165, 1.54) is 11.1 Å². The van der Waals surface area contributed by atoms with Gasteiger partial charge in [-0.15, -0.1) is 11.8 Å². The van der Waals surface area contributed by atoms with Gasteiger partial charge in [0, 0.05) is 40.1 Å². The molecule has 2 aromatic carbocycles. The first kappa shape index (κ1) is 19.2. The van der Waals surface area contributed by atoms with Crippen LogP contribution in [0.5, 0.6) is 0 Å². The van der Waals surface area contributed by atoms with Crippen molar-refractivity contribution < 1.29 is 4.79 Å². The van der Waals surface area contributed by atoms with Gasteiger partial charge in [-0.05, 0) is 42.3 Å². The highest BCUT2D eigenvalue weighted by molar-refractivity contribution is 7.99. The molecule has 0 aliphatic carbocycles. The van der Waals surface area contributed by atoms with Crippen LogP contribution in [-0.2, 0) is 10.5 Å². The first-order chi connectivity index (χ1) is 11.6. The van der Waals surface area contributed by atoms with Crippen molar-refractivity contribution in [1.82, 2.24) is 5.32 Å². The molecular weight excluding hydrogens is 358 g/mol. The molecule has 0 fully saturated rings. The van der Waals surface area contributed by atoms with Gasteiger partial charge in [-0.2, -0.15) is 11.8 Å². The lowest BCUT2D eigenvalue weighted by Crippen LogP contribution is -2.25. The molecule has 0 aliphatic heterocycles. The molecule has 24 heavy (non-hydrogen) atoms. The topological polar surface area (TPSA) is 29.1 Å². The van der Waals surface area contributed by atoms with Gasteiger partial charge >= 0.3 is 0 Å². The monoisotopic (exact) mass is 379 g/mol. The van der Waals surface area contributed by atoms with Crippen molar-refractivity contribution in [3.05, 3.63) is 64.7 Å². The summed E-state index contributed by atoms with van der Waals surface area (Å²) in [7, 11) is 0. The summed E-state index contributed by atoms with van der Waals surface area (Å²) in [5.74, 6) is 2.83. The zero-order valence-corrected chi connectivity index (χ0v) is 16.1. The van der Waals surface area contributed by atoms with Gasteiger partial charge in [0.15, 0.2) is 0 Å². The van der Waals surface area contributed by atoms with E-state index >= 15 is 0 Å². The molecule has 0 aliphatic rings. The molecule has 1 N–H and O–H groups in total. The maximum absolute atomic E-state index is 11.8. The lowest BCUT2D eigenvalue weighted by Gasteiger charge is -2.07.